The fraction of sp³-hybridized carbons (Fsp3) is 0.0588. The number of H-pyrrole nitrogens is 1. The third-order valence-electron chi connectivity index (χ3n) is 4.04. The van der Waals surface area contributed by atoms with Crippen molar-refractivity contribution >= 4 is 32.7 Å². The van der Waals surface area contributed by atoms with Crippen molar-refractivity contribution in [3.8, 4) is 11.3 Å². The van der Waals surface area contributed by atoms with Crippen LogP contribution in [0, 0.1) is 12.9 Å². The van der Waals surface area contributed by atoms with E-state index in [4.69, 9.17) is 11.6 Å². The summed E-state index contributed by atoms with van der Waals surface area (Å²) in [4.78, 5) is 4.22. The molecule has 0 amide bonds. The largest absolute Gasteiger partial charge is 0.269 e. The Bertz CT molecular complexity index is 1230. The van der Waals surface area contributed by atoms with Crippen LogP contribution < -0.4 is 0 Å². The molecule has 0 aliphatic rings. The lowest BCUT2D eigenvalue weighted by Gasteiger charge is -2.11. The first kappa shape index (κ1) is 16.7. The van der Waals surface area contributed by atoms with Crippen LogP contribution in [0.3, 0.4) is 0 Å². The topological polar surface area (TPSA) is 80.6 Å². The minimum absolute atomic E-state index is 0.00903. The number of hydrogen-bond acceptors (Lipinski definition) is 4. The molecule has 26 heavy (non-hydrogen) atoms. The molecule has 4 rings (SSSR count). The number of benzene rings is 1. The Morgan fingerprint density at radius 2 is 1.92 bits per heavy atom. The Balaban J connectivity index is 2.09. The molecule has 0 radical (unpaired) electrons. The minimum atomic E-state index is -4.04. The molecule has 1 aromatic carbocycles. The Kier molecular flexibility index (Phi) is 3.82. The van der Waals surface area contributed by atoms with E-state index in [0.29, 0.717) is 10.4 Å². The number of pyridine rings is 1. The summed E-state index contributed by atoms with van der Waals surface area (Å²) in [7, 11) is -4.04. The quantitative estimate of drug-likeness (QED) is 0.577. The molecule has 6 nitrogen and oxygen atoms in total. The Hall–Kier alpha value is -2.71. The van der Waals surface area contributed by atoms with E-state index in [0.717, 1.165) is 9.54 Å². The SMILES string of the molecule is Cc1ccc(S(=O)(=O)n2c(-c3cn[nH]c3F)cc3c(Cl)ccnc32)cc1. The van der Waals surface area contributed by atoms with Gasteiger partial charge in [0.05, 0.1) is 27.4 Å². The third kappa shape index (κ3) is 2.49. The molecule has 3 aromatic heterocycles. The van der Waals surface area contributed by atoms with Crippen molar-refractivity contribution in [2.75, 3.05) is 0 Å². The predicted octanol–water partition coefficient (Wildman–Crippen LogP) is 3.76. The van der Waals surface area contributed by atoms with E-state index in [2.05, 4.69) is 15.2 Å². The van der Waals surface area contributed by atoms with Crippen LogP contribution in [0.1, 0.15) is 5.56 Å². The summed E-state index contributed by atoms with van der Waals surface area (Å²) in [5.41, 5.74) is 1.14. The van der Waals surface area contributed by atoms with Crippen LogP contribution in [-0.4, -0.2) is 27.6 Å². The van der Waals surface area contributed by atoms with Gasteiger partial charge in [-0.15, -0.1) is 0 Å². The Labute approximate surface area is 153 Å². The molecular weight excluding hydrogens is 379 g/mol. The van der Waals surface area contributed by atoms with Gasteiger partial charge in [0.15, 0.2) is 5.65 Å². The predicted molar refractivity (Wildman–Crippen MR) is 96.0 cm³/mol. The van der Waals surface area contributed by atoms with Crippen molar-refractivity contribution in [2.24, 2.45) is 0 Å². The molecule has 9 heteroatoms. The smallest absolute Gasteiger partial charge is 0.252 e. The van der Waals surface area contributed by atoms with Crippen molar-refractivity contribution in [2.45, 2.75) is 11.8 Å². The van der Waals surface area contributed by atoms with Gasteiger partial charge >= 0.3 is 0 Å². The van der Waals surface area contributed by atoms with Crippen molar-refractivity contribution in [3.63, 3.8) is 0 Å². The number of aryl methyl sites for hydroxylation is 1. The molecule has 0 spiro atoms. The first-order valence-corrected chi connectivity index (χ1v) is 9.39. The summed E-state index contributed by atoms with van der Waals surface area (Å²) in [5.74, 6) is -0.746. The molecule has 0 fully saturated rings. The molecule has 0 unspecified atom stereocenters. The minimum Gasteiger partial charge on any atom is -0.252 e. The highest BCUT2D eigenvalue weighted by molar-refractivity contribution is 7.90. The number of aromatic nitrogens is 4. The number of nitrogens with one attached hydrogen (secondary N) is 1. The molecule has 132 valence electrons. The summed E-state index contributed by atoms with van der Waals surface area (Å²) < 4.78 is 41.7. The van der Waals surface area contributed by atoms with Crippen LogP contribution in [0.25, 0.3) is 22.3 Å². The van der Waals surface area contributed by atoms with Crippen LogP contribution in [0.2, 0.25) is 5.02 Å². The van der Waals surface area contributed by atoms with Crippen LogP contribution in [0.15, 0.2) is 53.7 Å². The number of nitrogens with zero attached hydrogens (tertiary/aromatic N) is 3. The van der Waals surface area contributed by atoms with Crippen LogP contribution in [-0.2, 0) is 10.0 Å². The van der Waals surface area contributed by atoms with Crippen LogP contribution >= 0.6 is 11.6 Å². The first-order valence-electron chi connectivity index (χ1n) is 7.57. The fourth-order valence-corrected chi connectivity index (χ4v) is 4.41. The van der Waals surface area contributed by atoms with Gasteiger partial charge in [-0.1, -0.05) is 29.3 Å². The highest BCUT2D eigenvalue weighted by Gasteiger charge is 2.27. The first-order chi connectivity index (χ1) is 12.4. The van der Waals surface area contributed by atoms with Gasteiger partial charge in [-0.2, -0.15) is 9.49 Å². The van der Waals surface area contributed by atoms with Gasteiger partial charge < -0.3 is 0 Å². The molecule has 3 heterocycles. The maximum atomic E-state index is 14.1. The number of halogens is 2. The van der Waals surface area contributed by atoms with Gasteiger partial charge in [-0.05, 0) is 31.2 Å². The van der Waals surface area contributed by atoms with E-state index in [-0.39, 0.29) is 21.8 Å². The lowest BCUT2D eigenvalue weighted by atomic mass is 10.2. The van der Waals surface area contributed by atoms with E-state index in [1.54, 1.807) is 18.2 Å². The van der Waals surface area contributed by atoms with Gasteiger partial charge in [-0.25, -0.2) is 17.4 Å². The summed E-state index contributed by atoms with van der Waals surface area (Å²) >= 11 is 6.20. The van der Waals surface area contributed by atoms with Crippen LogP contribution in [0.4, 0.5) is 4.39 Å². The zero-order chi connectivity index (χ0) is 18.5. The standard InChI is InChI=1S/C17H12ClFN4O2S/c1-10-2-4-11(5-3-10)26(24,25)23-15(13-9-21-22-16(13)19)8-12-14(18)6-7-20-17(12)23/h2-9H,1H3,(H,21,22). The maximum Gasteiger partial charge on any atom is 0.269 e. The van der Waals surface area contributed by atoms with E-state index >= 15 is 0 Å². The molecule has 0 atom stereocenters. The highest BCUT2D eigenvalue weighted by atomic mass is 35.5. The average molecular weight is 391 g/mol. The average Bonchev–Trinajstić information content (AvgIpc) is 3.19. The molecule has 1 N–H and O–H groups in total. The van der Waals surface area contributed by atoms with Gasteiger partial charge in [0, 0.05) is 11.6 Å². The normalized spacial score (nSPS) is 12.0. The van der Waals surface area contributed by atoms with Gasteiger partial charge in [-0.3, -0.25) is 5.10 Å². The summed E-state index contributed by atoms with van der Waals surface area (Å²) in [5, 5.41) is 6.53. The lowest BCUT2D eigenvalue weighted by molar-refractivity contribution is 0.580. The number of hydrogen-bond donors (Lipinski definition) is 1. The van der Waals surface area contributed by atoms with E-state index < -0.39 is 16.0 Å². The van der Waals surface area contributed by atoms with E-state index in [1.165, 1.54) is 30.6 Å². The number of rotatable bonds is 3. The molecule has 4 aromatic rings. The summed E-state index contributed by atoms with van der Waals surface area (Å²) in [6.07, 6.45) is 2.62. The molecule has 0 bridgehead atoms. The molecule has 0 aliphatic heterocycles. The van der Waals surface area contributed by atoms with Gasteiger partial charge in [0.2, 0.25) is 5.95 Å². The maximum absolute atomic E-state index is 14.1. The lowest BCUT2D eigenvalue weighted by Crippen LogP contribution is -2.15. The molecule has 0 saturated heterocycles. The summed E-state index contributed by atoms with van der Waals surface area (Å²) in [6, 6.07) is 9.41. The summed E-state index contributed by atoms with van der Waals surface area (Å²) in [6.45, 7) is 1.86. The molecule has 0 aliphatic carbocycles. The van der Waals surface area contributed by atoms with Gasteiger partial charge in [0.1, 0.15) is 0 Å². The van der Waals surface area contributed by atoms with Crippen molar-refractivity contribution in [1.29, 1.82) is 0 Å². The third-order valence-corrected chi connectivity index (χ3v) is 6.08. The molecular formula is C17H12ClFN4O2S. The second-order valence-corrected chi connectivity index (χ2v) is 7.93. The molecule has 0 saturated carbocycles. The highest BCUT2D eigenvalue weighted by Crippen LogP contribution is 2.34. The second kappa shape index (κ2) is 5.93. The second-order valence-electron chi connectivity index (χ2n) is 5.74. The fourth-order valence-electron chi connectivity index (χ4n) is 2.74. The van der Waals surface area contributed by atoms with Crippen molar-refractivity contribution < 1.29 is 12.8 Å². The zero-order valence-electron chi connectivity index (χ0n) is 13.4. The van der Waals surface area contributed by atoms with Gasteiger partial charge in [0.25, 0.3) is 10.0 Å². The monoisotopic (exact) mass is 390 g/mol. The number of aromatic amines is 1. The van der Waals surface area contributed by atoms with Crippen molar-refractivity contribution in [3.05, 3.63) is 65.3 Å². The Morgan fingerprint density at radius 1 is 1.19 bits per heavy atom. The van der Waals surface area contributed by atoms with E-state index in [9.17, 15) is 12.8 Å². The van der Waals surface area contributed by atoms with E-state index in [1.807, 2.05) is 6.92 Å². The zero-order valence-corrected chi connectivity index (χ0v) is 15.0. The Morgan fingerprint density at radius 3 is 2.58 bits per heavy atom. The number of fused-ring (bicyclic) bond motifs is 1. The van der Waals surface area contributed by atoms with Crippen LogP contribution in [0.5, 0.6) is 0 Å². The van der Waals surface area contributed by atoms with Crippen molar-refractivity contribution in [1.82, 2.24) is 19.2 Å².